The van der Waals surface area contributed by atoms with Gasteiger partial charge in [0.2, 0.25) is 0 Å². The van der Waals surface area contributed by atoms with Crippen LogP contribution in [0.25, 0.3) is 23.0 Å². The van der Waals surface area contributed by atoms with Gasteiger partial charge in [0.25, 0.3) is 5.69 Å². The molecule has 0 fully saturated rings. The normalized spacial score (nSPS) is 11.2. The molecule has 0 radical (unpaired) electrons. The fourth-order valence-electron chi connectivity index (χ4n) is 2.56. The van der Waals surface area contributed by atoms with Crippen molar-refractivity contribution in [3.8, 4) is 11.3 Å². The summed E-state index contributed by atoms with van der Waals surface area (Å²) >= 11 is 0. The highest BCUT2D eigenvalue weighted by Crippen LogP contribution is 2.29. The van der Waals surface area contributed by atoms with Gasteiger partial charge < -0.3 is 5.11 Å². The molecule has 0 saturated heterocycles. The molecule has 0 aliphatic carbocycles. The quantitative estimate of drug-likeness (QED) is 0.451. The number of nitro groups is 1. The third kappa shape index (κ3) is 2.74. The molecule has 7 nitrogen and oxygen atoms in total. The predicted octanol–water partition coefficient (Wildman–Crippen LogP) is 3.32. The number of nitrogens with zero attached hydrogens (tertiary/aromatic N) is 3. The van der Waals surface area contributed by atoms with Crippen molar-refractivity contribution in [2.75, 3.05) is 0 Å². The zero-order valence-electron chi connectivity index (χ0n) is 12.7. The summed E-state index contributed by atoms with van der Waals surface area (Å²) in [6, 6.07) is 11.6. The van der Waals surface area contributed by atoms with Gasteiger partial charge in [0.1, 0.15) is 5.65 Å². The van der Waals surface area contributed by atoms with Gasteiger partial charge in [0, 0.05) is 29.5 Å². The van der Waals surface area contributed by atoms with Crippen LogP contribution >= 0.6 is 0 Å². The van der Waals surface area contributed by atoms with Crippen LogP contribution in [0.2, 0.25) is 0 Å². The summed E-state index contributed by atoms with van der Waals surface area (Å²) in [5.74, 6) is -1.08. The highest BCUT2D eigenvalue weighted by Gasteiger charge is 2.16. The molecule has 0 amide bonds. The summed E-state index contributed by atoms with van der Waals surface area (Å²) in [6.07, 6.45) is 2.47. The maximum absolute atomic E-state index is 11.0. The van der Waals surface area contributed by atoms with Crippen LogP contribution in [0.1, 0.15) is 11.4 Å². The molecule has 2 aromatic heterocycles. The van der Waals surface area contributed by atoms with Gasteiger partial charge in [-0.25, -0.2) is 9.78 Å². The van der Waals surface area contributed by atoms with Crippen molar-refractivity contribution in [3.63, 3.8) is 0 Å². The van der Waals surface area contributed by atoms with Gasteiger partial charge in [-0.2, -0.15) is 0 Å². The smallest absolute Gasteiger partial charge is 0.328 e. The lowest BCUT2D eigenvalue weighted by atomic mass is 10.1. The van der Waals surface area contributed by atoms with Crippen molar-refractivity contribution in [3.05, 3.63) is 70.0 Å². The van der Waals surface area contributed by atoms with Gasteiger partial charge in [0.15, 0.2) is 0 Å². The Morgan fingerprint density at radius 3 is 2.75 bits per heavy atom. The van der Waals surface area contributed by atoms with Gasteiger partial charge in [-0.15, -0.1) is 0 Å². The number of imidazole rings is 1. The topological polar surface area (TPSA) is 97.7 Å². The first-order valence-electron chi connectivity index (χ1n) is 7.11. The van der Waals surface area contributed by atoms with Crippen LogP contribution < -0.4 is 0 Å². The zero-order valence-corrected chi connectivity index (χ0v) is 12.7. The van der Waals surface area contributed by atoms with Crippen LogP contribution in [0.4, 0.5) is 5.69 Å². The molecule has 3 aromatic rings. The third-order valence-corrected chi connectivity index (χ3v) is 3.59. The minimum atomic E-state index is -1.08. The Hall–Kier alpha value is -3.48. The first-order chi connectivity index (χ1) is 11.5. The van der Waals surface area contributed by atoms with E-state index in [1.807, 2.05) is 23.5 Å². The zero-order chi connectivity index (χ0) is 17.3. The number of aliphatic carboxylic acids is 1. The summed E-state index contributed by atoms with van der Waals surface area (Å²) in [6.45, 7) is 1.88. The summed E-state index contributed by atoms with van der Waals surface area (Å²) in [7, 11) is 0. The number of nitro benzene ring substituents is 1. The number of rotatable bonds is 4. The summed E-state index contributed by atoms with van der Waals surface area (Å²) < 4.78 is 1.81. The lowest BCUT2D eigenvalue weighted by Crippen LogP contribution is -1.95. The van der Waals surface area contributed by atoms with Crippen molar-refractivity contribution in [2.24, 2.45) is 0 Å². The van der Waals surface area contributed by atoms with Crippen molar-refractivity contribution in [1.29, 1.82) is 0 Å². The number of non-ortho nitro benzene ring substituents is 1. The fourth-order valence-corrected chi connectivity index (χ4v) is 2.56. The number of fused-ring (bicyclic) bond motifs is 1. The van der Waals surface area contributed by atoms with Crippen LogP contribution in [0.3, 0.4) is 0 Å². The molecule has 0 aliphatic heterocycles. The average molecular weight is 323 g/mol. The molecule has 24 heavy (non-hydrogen) atoms. The molecule has 0 spiro atoms. The lowest BCUT2D eigenvalue weighted by Gasteiger charge is -2.03. The number of benzene rings is 1. The number of carboxylic acid groups (broad SMARTS) is 1. The Morgan fingerprint density at radius 1 is 1.29 bits per heavy atom. The van der Waals surface area contributed by atoms with Crippen molar-refractivity contribution < 1.29 is 14.8 Å². The van der Waals surface area contributed by atoms with Gasteiger partial charge in [-0.05, 0) is 25.1 Å². The van der Waals surface area contributed by atoms with E-state index in [2.05, 4.69) is 4.98 Å². The van der Waals surface area contributed by atoms with Crippen LogP contribution in [0, 0.1) is 17.0 Å². The monoisotopic (exact) mass is 323 g/mol. The molecular weight excluding hydrogens is 310 g/mol. The number of aromatic nitrogens is 2. The minimum absolute atomic E-state index is 0.0468. The molecule has 0 bridgehead atoms. The van der Waals surface area contributed by atoms with Crippen LogP contribution in [-0.2, 0) is 4.79 Å². The van der Waals surface area contributed by atoms with Gasteiger partial charge in [-0.1, -0.05) is 18.2 Å². The van der Waals surface area contributed by atoms with E-state index < -0.39 is 10.9 Å². The van der Waals surface area contributed by atoms with E-state index in [1.54, 1.807) is 18.2 Å². The second-order valence-corrected chi connectivity index (χ2v) is 5.19. The second-order valence-electron chi connectivity index (χ2n) is 5.19. The lowest BCUT2D eigenvalue weighted by molar-refractivity contribution is -0.384. The van der Waals surface area contributed by atoms with E-state index in [0.717, 1.165) is 11.8 Å². The molecule has 0 unspecified atom stereocenters. The molecule has 3 rings (SSSR count). The molecular formula is C17H13N3O4. The molecule has 0 aliphatic rings. The van der Waals surface area contributed by atoms with Crippen molar-refractivity contribution >= 4 is 23.4 Å². The van der Waals surface area contributed by atoms with E-state index >= 15 is 0 Å². The Kier molecular flexibility index (Phi) is 3.83. The second kappa shape index (κ2) is 5.96. The molecule has 1 aromatic carbocycles. The van der Waals surface area contributed by atoms with E-state index in [9.17, 15) is 14.9 Å². The minimum Gasteiger partial charge on any atom is -0.478 e. The number of carboxylic acids is 1. The summed E-state index contributed by atoms with van der Waals surface area (Å²) in [5.41, 5.74) is 3.08. The molecule has 2 heterocycles. The first-order valence-corrected chi connectivity index (χ1v) is 7.11. The molecule has 1 N–H and O–H groups in total. The summed E-state index contributed by atoms with van der Waals surface area (Å²) in [5, 5.41) is 19.9. The first kappa shape index (κ1) is 15.4. The van der Waals surface area contributed by atoms with E-state index in [4.69, 9.17) is 5.11 Å². The largest absolute Gasteiger partial charge is 0.478 e. The highest BCUT2D eigenvalue weighted by atomic mass is 16.6. The maximum Gasteiger partial charge on any atom is 0.328 e. The average Bonchev–Trinajstić information content (AvgIpc) is 2.93. The SMILES string of the molecule is Cc1cccc2nc(-c3cccc([N+](=O)[O-])c3)c(/C=C/C(=O)O)n12. The number of hydrogen-bond donors (Lipinski definition) is 1. The Balaban J connectivity index is 2.29. The van der Waals surface area contributed by atoms with E-state index in [1.165, 1.54) is 18.2 Å². The number of aryl methyl sites for hydroxylation is 1. The predicted molar refractivity (Wildman–Crippen MR) is 88.7 cm³/mol. The summed E-state index contributed by atoms with van der Waals surface area (Å²) in [4.78, 5) is 25.9. The van der Waals surface area contributed by atoms with Crippen molar-refractivity contribution in [1.82, 2.24) is 9.38 Å². The standard InChI is InChI=1S/C17H13N3O4/c1-11-4-2-7-15-18-17(14(19(11)15)8-9-16(21)22)12-5-3-6-13(10-12)20(23)24/h2-10H,1H3,(H,21,22)/b9-8+. The maximum atomic E-state index is 11.0. The van der Waals surface area contributed by atoms with Crippen LogP contribution in [0.15, 0.2) is 48.5 Å². The van der Waals surface area contributed by atoms with Gasteiger partial charge in [0.05, 0.1) is 16.3 Å². The Morgan fingerprint density at radius 2 is 2.04 bits per heavy atom. The van der Waals surface area contributed by atoms with E-state index in [-0.39, 0.29) is 5.69 Å². The third-order valence-electron chi connectivity index (χ3n) is 3.59. The Labute approximate surface area is 136 Å². The van der Waals surface area contributed by atoms with Crippen LogP contribution in [0.5, 0.6) is 0 Å². The Bertz CT molecular complexity index is 989. The van der Waals surface area contributed by atoms with Crippen LogP contribution in [-0.4, -0.2) is 25.4 Å². The number of pyridine rings is 1. The van der Waals surface area contributed by atoms with Gasteiger partial charge >= 0.3 is 5.97 Å². The van der Waals surface area contributed by atoms with Crippen molar-refractivity contribution in [2.45, 2.75) is 6.92 Å². The fraction of sp³-hybridized carbons (Fsp3) is 0.0588. The number of hydrogen-bond acceptors (Lipinski definition) is 4. The molecule has 0 saturated carbocycles. The molecule has 7 heteroatoms. The van der Waals surface area contributed by atoms with E-state index in [0.29, 0.717) is 22.6 Å². The molecule has 120 valence electrons. The molecule has 0 atom stereocenters. The highest BCUT2D eigenvalue weighted by molar-refractivity contribution is 5.87. The van der Waals surface area contributed by atoms with Gasteiger partial charge in [-0.3, -0.25) is 14.5 Å². The number of carbonyl (C=O) groups is 1.